The molecule has 0 bridgehead atoms. The molecular weight excluding hydrogens is 242 g/mol. The zero-order valence-corrected chi connectivity index (χ0v) is 10.2. The predicted octanol–water partition coefficient (Wildman–Crippen LogP) is 1.65. The van der Waals surface area contributed by atoms with Gasteiger partial charge in [0.2, 0.25) is 0 Å². The Morgan fingerprint density at radius 2 is 1.47 bits per heavy atom. The summed E-state index contributed by atoms with van der Waals surface area (Å²) >= 11 is 0. The van der Waals surface area contributed by atoms with Crippen LogP contribution in [0.1, 0.15) is 20.8 Å². The maximum atomic E-state index is 13.1. The summed E-state index contributed by atoms with van der Waals surface area (Å²) in [5.41, 5.74) is -0.488. The average molecular weight is 261 g/mol. The molecule has 7 heteroatoms. The van der Waals surface area contributed by atoms with Gasteiger partial charge in [-0.25, -0.2) is 17.6 Å². The molecule has 0 spiro atoms. The summed E-state index contributed by atoms with van der Waals surface area (Å²) < 4.78 is 55.4. The summed E-state index contributed by atoms with van der Waals surface area (Å²) in [5.74, 6) is -6.70. The summed E-state index contributed by atoms with van der Waals surface area (Å²) in [6.07, 6.45) is 0. The van der Waals surface area contributed by atoms with E-state index in [0.29, 0.717) is 0 Å². The van der Waals surface area contributed by atoms with Crippen molar-refractivity contribution in [1.29, 1.82) is 0 Å². The quantitative estimate of drug-likeness (QED) is 0.685. The van der Waals surface area contributed by atoms with Gasteiger partial charge in [-0.2, -0.15) is 0 Å². The summed E-state index contributed by atoms with van der Waals surface area (Å²) in [4.78, 5) is 0. The van der Waals surface area contributed by atoms with Crippen LogP contribution in [-0.2, 0) is 4.74 Å². The van der Waals surface area contributed by atoms with Crippen molar-refractivity contribution in [2.75, 3.05) is 26.4 Å². The van der Waals surface area contributed by atoms with Gasteiger partial charge in [0.05, 0.1) is 6.54 Å². The Balaban J connectivity index is 3.94. The van der Waals surface area contributed by atoms with Crippen molar-refractivity contribution < 1.29 is 27.4 Å². The first-order chi connectivity index (χ1) is 7.47. The minimum absolute atomic E-state index is 0.488. The van der Waals surface area contributed by atoms with Gasteiger partial charge in [0.1, 0.15) is 19.8 Å². The second-order valence-corrected chi connectivity index (χ2v) is 4.97. The van der Waals surface area contributed by atoms with Crippen molar-refractivity contribution >= 4 is 0 Å². The molecule has 0 aromatic heterocycles. The Morgan fingerprint density at radius 1 is 1.00 bits per heavy atom. The first-order valence-corrected chi connectivity index (χ1v) is 5.17. The normalized spacial score (nSPS) is 14.1. The fraction of sp³-hybridized carbons (Fsp3) is 1.00. The molecule has 0 radical (unpaired) electrons. The molecule has 0 heterocycles. The van der Waals surface area contributed by atoms with Crippen molar-refractivity contribution in [3.05, 3.63) is 0 Å². The summed E-state index contributed by atoms with van der Waals surface area (Å²) in [5, 5.41) is 10.8. The van der Waals surface area contributed by atoms with Crippen molar-refractivity contribution in [2.24, 2.45) is 0 Å². The van der Waals surface area contributed by atoms with Gasteiger partial charge in [-0.3, -0.25) is 0 Å². The van der Waals surface area contributed by atoms with Crippen LogP contribution in [0.2, 0.25) is 0 Å². The van der Waals surface area contributed by atoms with E-state index < -0.39 is 43.7 Å². The highest BCUT2D eigenvalue weighted by molar-refractivity contribution is 4.77. The first kappa shape index (κ1) is 16.6. The maximum absolute atomic E-state index is 13.1. The highest BCUT2D eigenvalue weighted by atomic mass is 19.3. The first-order valence-electron chi connectivity index (χ1n) is 5.17. The Bertz CT molecular complexity index is 229. The SMILES string of the molecule is CC(C)(C)NCC(F)(F)COCC(F)(F)CO. The fourth-order valence-electron chi connectivity index (χ4n) is 0.841. The second-order valence-electron chi connectivity index (χ2n) is 4.97. The van der Waals surface area contributed by atoms with Crippen LogP contribution in [-0.4, -0.2) is 48.9 Å². The summed E-state index contributed by atoms with van der Waals surface area (Å²) in [6, 6.07) is 0. The van der Waals surface area contributed by atoms with Gasteiger partial charge < -0.3 is 15.2 Å². The molecule has 0 aliphatic rings. The Labute approximate surface area is 98.1 Å². The van der Waals surface area contributed by atoms with Crippen molar-refractivity contribution in [3.8, 4) is 0 Å². The molecule has 0 aromatic carbocycles. The fourth-order valence-corrected chi connectivity index (χ4v) is 0.841. The molecule has 0 aliphatic heterocycles. The molecule has 0 aliphatic carbocycles. The summed E-state index contributed by atoms with van der Waals surface area (Å²) in [7, 11) is 0. The van der Waals surface area contributed by atoms with Crippen LogP contribution < -0.4 is 5.32 Å². The van der Waals surface area contributed by atoms with Gasteiger partial charge in [0, 0.05) is 5.54 Å². The molecule has 104 valence electrons. The Kier molecular flexibility index (Phi) is 5.83. The number of halogens is 4. The maximum Gasteiger partial charge on any atom is 0.293 e. The number of nitrogens with one attached hydrogen (secondary N) is 1. The van der Waals surface area contributed by atoms with E-state index in [4.69, 9.17) is 5.11 Å². The van der Waals surface area contributed by atoms with E-state index in [1.54, 1.807) is 20.8 Å². The molecule has 0 atom stereocenters. The highest BCUT2D eigenvalue weighted by Crippen LogP contribution is 2.17. The van der Waals surface area contributed by atoms with Crippen LogP contribution in [0.5, 0.6) is 0 Å². The molecule has 17 heavy (non-hydrogen) atoms. The molecule has 0 aromatic rings. The largest absolute Gasteiger partial charge is 0.390 e. The number of aliphatic hydroxyl groups excluding tert-OH is 1. The van der Waals surface area contributed by atoms with Crippen LogP contribution in [0.15, 0.2) is 0 Å². The lowest BCUT2D eigenvalue weighted by molar-refractivity contribution is -0.143. The molecule has 3 nitrogen and oxygen atoms in total. The Morgan fingerprint density at radius 3 is 1.88 bits per heavy atom. The molecular formula is C10H19F4NO2. The van der Waals surface area contributed by atoms with Crippen LogP contribution in [0, 0.1) is 0 Å². The number of hydrogen-bond donors (Lipinski definition) is 2. The predicted molar refractivity (Wildman–Crippen MR) is 55.6 cm³/mol. The molecule has 0 saturated heterocycles. The van der Waals surface area contributed by atoms with Crippen molar-refractivity contribution in [2.45, 2.75) is 38.2 Å². The van der Waals surface area contributed by atoms with E-state index >= 15 is 0 Å². The van der Waals surface area contributed by atoms with E-state index in [-0.39, 0.29) is 0 Å². The smallest absolute Gasteiger partial charge is 0.293 e. The van der Waals surface area contributed by atoms with Gasteiger partial charge in [-0.1, -0.05) is 0 Å². The Hall–Kier alpha value is -0.400. The third-order valence-corrected chi connectivity index (χ3v) is 1.74. The number of rotatable bonds is 7. The van der Waals surface area contributed by atoms with E-state index in [2.05, 4.69) is 10.1 Å². The van der Waals surface area contributed by atoms with Gasteiger partial charge >= 0.3 is 0 Å². The number of aliphatic hydroxyl groups is 1. The lowest BCUT2D eigenvalue weighted by Crippen LogP contribution is -2.46. The van der Waals surface area contributed by atoms with E-state index in [1.165, 1.54) is 0 Å². The van der Waals surface area contributed by atoms with Crippen LogP contribution >= 0.6 is 0 Å². The number of ether oxygens (including phenoxy) is 1. The minimum Gasteiger partial charge on any atom is -0.390 e. The van der Waals surface area contributed by atoms with E-state index in [9.17, 15) is 17.6 Å². The third-order valence-electron chi connectivity index (χ3n) is 1.74. The van der Waals surface area contributed by atoms with Crippen LogP contribution in [0.25, 0.3) is 0 Å². The van der Waals surface area contributed by atoms with Gasteiger partial charge in [0.25, 0.3) is 11.8 Å². The van der Waals surface area contributed by atoms with Crippen LogP contribution in [0.4, 0.5) is 17.6 Å². The zero-order chi connectivity index (χ0) is 13.7. The average Bonchev–Trinajstić information content (AvgIpc) is 2.13. The van der Waals surface area contributed by atoms with Gasteiger partial charge in [-0.15, -0.1) is 0 Å². The standard InChI is InChI=1S/C10H19F4NO2/c1-8(2,3)15-4-9(11,12)6-17-7-10(13,14)5-16/h15-16H,4-7H2,1-3H3. The lowest BCUT2D eigenvalue weighted by Gasteiger charge is -2.25. The molecule has 0 rings (SSSR count). The second kappa shape index (κ2) is 5.97. The van der Waals surface area contributed by atoms with E-state index in [1.807, 2.05) is 0 Å². The van der Waals surface area contributed by atoms with Crippen molar-refractivity contribution in [1.82, 2.24) is 5.32 Å². The van der Waals surface area contributed by atoms with E-state index in [0.717, 1.165) is 0 Å². The molecule has 2 N–H and O–H groups in total. The van der Waals surface area contributed by atoms with Crippen molar-refractivity contribution in [3.63, 3.8) is 0 Å². The van der Waals surface area contributed by atoms with Crippen LogP contribution in [0.3, 0.4) is 0 Å². The zero-order valence-electron chi connectivity index (χ0n) is 10.2. The highest BCUT2D eigenvalue weighted by Gasteiger charge is 2.34. The molecule has 0 unspecified atom stereocenters. The topological polar surface area (TPSA) is 41.5 Å². The minimum atomic E-state index is -3.48. The molecule has 0 fully saturated rings. The number of alkyl halides is 4. The number of hydrogen-bond acceptors (Lipinski definition) is 3. The molecule has 0 amide bonds. The van der Waals surface area contributed by atoms with Gasteiger partial charge in [0.15, 0.2) is 0 Å². The summed E-state index contributed by atoms with van der Waals surface area (Å²) in [6.45, 7) is 0.748. The van der Waals surface area contributed by atoms with Gasteiger partial charge in [-0.05, 0) is 20.8 Å². The molecule has 0 saturated carbocycles. The lowest BCUT2D eigenvalue weighted by atomic mass is 10.1. The third kappa shape index (κ3) is 9.31. The monoisotopic (exact) mass is 261 g/mol.